The van der Waals surface area contributed by atoms with Gasteiger partial charge in [-0.15, -0.1) is 11.3 Å². The number of amides is 2. The predicted molar refractivity (Wildman–Crippen MR) is 78.4 cm³/mol. The van der Waals surface area contributed by atoms with Crippen molar-refractivity contribution in [2.45, 2.75) is 33.7 Å². The summed E-state index contributed by atoms with van der Waals surface area (Å²) in [5.74, 6) is -1.70. The van der Waals surface area contributed by atoms with E-state index >= 15 is 0 Å². The Balaban J connectivity index is 2.94. The van der Waals surface area contributed by atoms with Crippen LogP contribution in [0.15, 0.2) is 0 Å². The number of thiazole rings is 1. The minimum atomic E-state index is -1.09. The van der Waals surface area contributed by atoms with E-state index < -0.39 is 12.0 Å². The normalized spacial score (nSPS) is 11.8. The molecule has 1 rings (SSSR count). The molecule has 7 nitrogen and oxygen atoms in total. The number of rotatable bonds is 6. The van der Waals surface area contributed by atoms with Crippen molar-refractivity contribution < 1.29 is 19.5 Å². The van der Waals surface area contributed by atoms with Crippen LogP contribution in [0.25, 0.3) is 0 Å². The lowest BCUT2D eigenvalue weighted by Crippen LogP contribution is -2.46. The van der Waals surface area contributed by atoms with Crippen molar-refractivity contribution >= 4 is 29.1 Å². The highest BCUT2D eigenvalue weighted by atomic mass is 32.1. The average molecular weight is 313 g/mol. The maximum absolute atomic E-state index is 12.5. The van der Waals surface area contributed by atoms with Gasteiger partial charge in [-0.25, -0.2) is 9.78 Å². The summed E-state index contributed by atoms with van der Waals surface area (Å²) in [6, 6.07) is -0.979. The maximum Gasteiger partial charge on any atom is 0.326 e. The van der Waals surface area contributed by atoms with Crippen LogP contribution < -0.4 is 5.32 Å². The third-order valence-corrected chi connectivity index (χ3v) is 3.97. The molecule has 8 heteroatoms. The molecule has 0 aliphatic rings. The summed E-state index contributed by atoms with van der Waals surface area (Å²) in [4.78, 5) is 40.4. The Bertz CT molecular complexity index is 556. The molecule has 1 aromatic heterocycles. The van der Waals surface area contributed by atoms with Crippen LogP contribution >= 0.6 is 11.3 Å². The van der Waals surface area contributed by atoms with E-state index in [4.69, 9.17) is 5.11 Å². The fourth-order valence-electron chi connectivity index (χ4n) is 1.82. The van der Waals surface area contributed by atoms with Crippen molar-refractivity contribution in [3.05, 3.63) is 15.6 Å². The van der Waals surface area contributed by atoms with E-state index in [2.05, 4.69) is 10.3 Å². The van der Waals surface area contributed by atoms with E-state index in [0.29, 0.717) is 10.6 Å². The van der Waals surface area contributed by atoms with Crippen LogP contribution in [0.2, 0.25) is 0 Å². The highest BCUT2D eigenvalue weighted by Crippen LogP contribution is 2.20. The predicted octanol–water partition coefficient (Wildman–Crippen LogP) is 0.811. The van der Waals surface area contributed by atoms with Gasteiger partial charge in [0.05, 0.1) is 10.7 Å². The van der Waals surface area contributed by atoms with Gasteiger partial charge in [0.15, 0.2) is 0 Å². The second-order valence-electron chi connectivity index (χ2n) is 4.64. The van der Waals surface area contributed by atoms with E-state index in [-0.39, 0.29) is 24.9 Å². The number of hydrogen-bond acceptors (Lipinski definition) is 5. The molecule has 1 aromatic rings. The molecule has 0 fully saturated rings. The van der Waals surface area contributed by atoms with Crippen LogP contribution in [-0.4, -0.2) is 51.9 Å². The molecule has 0 spiro atoms. The zero-order chi connectivity index (χ0) is 16.2. The number of aryl methyl sites for hydroxylation is 2. The molecule has 1 heterocycles. The summed E-state index contributed by atoms with van der Waals surface area (Å²) < 4.78 is 0. The van der Waals surface area contributed by atoms with Gasteiger partial charge in [0, 0.05) is 20.0 Å². The molecule has 0 saturated carbocycles. The van der Waals surface area contributed by atoms with E-state index in [1.165, 1.54) is 30.1 Å². The molecule has 0 saturated heterocycles. The topological polar surface area (TPSA) is 99.6 Å². The number of carbonyl (C=O) groups is 3. The molecule has 2 N–H and O–H groups in total. The van der Waals surface area contributed by atoms with Crippen LogP contribution in [0.3, 0.4) is 0 Å². The van der Waals surface area contributed by atoms with Crippen LogP contribution in [0.4, 0.5) is 0 Å². The van der Waals surface area contributed by atoms with Crippen LogP contribution in [0.1, 0.15) is 34.2 Å². The zero-order valence-corrected chi connectivity index (χ0v) is 13.3. The summed E-state index contributed by atoms with van der Waals surface area (Å²) in [5, 5.41) is 12.4. The number of hydrogen-bond donors (Lipinski definition) is 2. The number of aromatic nitrogens is 1. The maximum atomic E-state index is 12.5. The molecule has 0 aromatic carbocycles. The van der Waals surface area contributed by atoms with Crippen molar-refractivity contribution in [1.29, 1.82) is 0 Å². The lowest BCUT2D eigenvalue weighted by molar-refractivity contribution is -0.141. The standard InChI is InChI=1S/C13H19N3O4S/c1-7-11(21-10(4)15-7)12(18)16(8(2)13(19)20)6-5-14-9(3)17/h8H,5-6H2,1-4H3,(H,14,17)(H,19,20). The summed E-state index contributed by atoms with van der Waals surface area (Å²) in [6.45, 7) is 6.64. The third-order valence-electron chi connectivity index (χ3n) is 2.91. The van der Waals surface area contributed by atoms with Gasteiger partial charge in [0.1, 0.15) is 10.9 Å². The van der Waals surface area contributed by atoms with Crippen LogP contribution in [0, 0.1) is 13.8 Å². The minimum Gasteiger partial charge on any atom is -0.480 e. The number of nitrogens with one attached hydrogen (secondary N) is 1. The first-order chi connectivity index (χ1) is 9.73. The number of nitrogens with zero attached hydrogens (tertiary/aromatic N) is 2. The Hall–Kier alpha value is -1.96. The lowest BCUT2D eigenvalue weighted by Gasteiger charge is -2.26. The smallest absolute Gasteiger partial charge is 0.326 e. The van der Waals surface area contributed by atoms with Gasteiger partial charge >= 0.3 is 5.97 Å². The van der Waals surface area contributed by atoms with E-state index in [1.54, 1.807) is 13.8 Å². The first kappa shape index (κ1) is 17.1. The quantitative estimate of drug-likeness (QED) is 0.809. The molecule has 1 unspecified atom stereocenters. The number of aliphatic carboxylic acids is 1. The second-order valence-corrected chi connectivity index (χ2v) is 5.85. The van der Waals surface area contributed by atoms with Gasteiger partial charge < -0.3 is 15.3 Å². The van der Waals surface area contributed by atoms with Gasteiger partial charge in [-0.3, -0.25) is 9.59 Å². The van der Waals surface area contributed by atoms with Crippen molar-refractivity contribution in [3.63, 3.8) is 0 Å². The number of carboxylic acid groups (broad SMARTS) is 1. The van der Waals surface area contributed by atoms with Gasteiger partial charge in [-0.05, 0) is 20.8 Å². The molecule has 2 amide bonds. The largest absolute Gasteiger partial charge is 0.480 e. The molecule has 0 radical (unpaired) electrons. The third kappa shape index (κ3) is 4.52. The van der Waals surface area contributed by atoms with E-state index in [0.717, 1.165) is 5.01 Å². The Morgan fingerprint density at radius 2 is 2.00 bits per heavy atom. The van der Waals surface area contributed by atoms with Crippen LogP contribution in [-0.2, 0) is 9.59 Å². The summed E-state index contributed by atoms with van der Waals surface area (Å²) in [6.07, 6.45) is 0. The van der Waals surface area contributed by atoms with E-state index in [1.807, 2.05) is 0 Å². The van der Waals surface area contributed by atoms with Crippen LogP contribution in [0.5, 0.6) is 0 Å². The second kappa shape index (κ2) is 7.16. The van der Waals surface area contributed by atoms with Crippen molar-refractivity contribution in [1.82, 2.24) is 15.2 Å². The Kier molecular flexibility index (Phi) is 5.83. The van der Waals surface area contributed by atoms with Gasteiger partial charge in [-0.2, -0.15) is 0 Å². The zero-order valence-electron chi connectivity index (χ0n) is 12.5. The molecular weight excluding hydrogens is 294 g/mol. The van der Waals surface area contributed by atoms with Crippen molar-refractivity contribution in [2.24, 2.45) is 0 Å². The Labute approximate surface area is 127 Å². The fraction of sp³-hybridized carbons (Fsp3) is 0.538. The van der Waals surface area contributed by atoms with Gasteiger partial charge in [0.25, 0.3) is 5.91 Å². The molecule has 116 valence electrons. The van der Waals surface area contributed by atoms with Crippen molar-refractivity contribution in [3.8, 4) is 0 Å². The average Bonchev–Trinajstić information content (AvgIpc) is 2.72. The monoisotopic (exact) mass is 313 g/mol. The minimum absolute atomic E-state index is 0.127. The highest BCUT2D eigenvalue weighted by molar-refractivity contribution is 7.13. The molecule has 1 atom stereocenters. The SMILES string of the molecule is CC(=O)NCCN(C(=O)c1sc(C)nc1C)C(C)C(=O)O. The summed E-state index contributed by atoms with van der Waals surface area (Å²) in [7, 11) is 0. The first-order valence-electron chi connectivity index (χ1n) is 6.46. The number of carboxylic acids is 1. The molecule has 0 bridgehead atoms. The molecule has 0 aliphatic heterocycles. The highest BCUT2D eigenvalue weighted by Gasteiger charge is 2.28. The van der Waals surface area contributed by atoms with Gasteiger partial charge in [0.2, 0.25) is 5.91 Å². The van der Waals surface area contributed by atoms with E-state index in [9.17, 15) is 14.4 Å². The Morgan fingerprint density at radius 1 is 1.38 bits per heavy atom. The lowest BCUT2D eigenvalue weighted by atomic mass is 10.2. The summed E-state index contributed by atoms with van der Waals surface area (Å²) in [5.41, 5.74) is 0.588. The molecule has 0 aliphatic carbocycles. The Morgan fingerprint density at radius 3 is 2.43 bits per heavy atom. The molecule has 21 heavy (non-hydrogen) atoms. The fourth-order valence-corrected chi connectivity index (χ4v) is 2.69. The number of carbonyl (C=O) groups excluding carboxylic acids is 2. The van der Waals surface area contributed by atoms with Crippen molar-refractivity contribution in [2.75, 3.05) is 13.1 Å². The van der Waals surface area contributed by atoms with Gasteiger partial charge in [-0.1, -0.05) is 0 Å². The summed E-state index contributed by atoms with van der Waals surface area (Å²) >= 11 is 1.24. The molecular formula is C13H19N3O4S. The first-order valence-corrected chi connectivity index (χ1v) is 7.28.